The number of amides is 4. The van der Waals surface area contributed by atoms with Gasteiger partial charge in [0.1, 0.15) is 17.9 Å². The van der Waals surface area contributed by atoms with Crippen molar-refractivity contribution in [3.05, 3.63) is 36.0 Å². The van der Waals surface area contributed by atoms with Gasteiger partial charge in [-0.2, -0.15) is 5.10 Å². The van der Waals surface area contributed by atoms with Crippen molar-refractivity contribution < 1.29 is 23.9 Å². The number of aromatic nitrogens is 2. The molecule has 0 bridgehead atoms. The minimum absolute atomic E-state index is 0.259. The van der Waals surface area contributed by atoms with Gasteiger partial charge in [-0.15, -0.1) is 0 Å². The fourth-order valence-corrected chi connectivity index (χ4v) is 4.69. The molecule has 1 saturated heterocycles. The predicted molar refractivity (Wildman–Crippen MR) is 118 cm³/mol. The highest BCUT2D eigenvalue weighted by Crippen LogP contribution is 2.37. The Bertz CT molecular complexity index is 1090. The number of fused-ring (bicyclic) bond motifs is 1. The third-order valence-electron chi connectivity index (χ3n) is 6.51. The van der Waals surface area contributed by atoms with Crippen LogP contribution in [0.4, 0.5) is 10.6 Å². The molecule has 2 aromatic rings. The smallest absolute Gasteiger partial charge is 0.325 e. The molecular formula is C23H27N5O5. The van der Waals surface area contributed by atoms with Gasteiger partial charge < -0.3 is 20.1 Å². The standard InChI is InChI=1S/C23H27N5O5/c1-23(15-7-8-17-18(13-15)33-12-4-11-32-17)21(30)27(22(31)26-23)14-20(29)25-19-9-10-24-28(19)16-5-2-3-6-16/h7-10,13,16H,2-6,11-12,14H2,1H3,(H,25,29)(H,26,31)/t23-/m0/s1. The maximum absolute atomic E-state index is 13.3. The monoisotopic (exact) mass is 453 g/mol. The molecule has 5 rings (SSSR count). The molecule has 3 heterocycles. The Hall–Kier alpha value is -3.56. The van der Waals surface area contributed by atoms with Crippen molar-refractivity contribution in [2.75, 3.05) is 25.1 Å². The van der Waals surface area contributed by atoms with E-state index in [0.717, 1.165) is 37.0 Å². The van der Waals surface area contributed by atoms with Gasteiger partial charge >= 0.3 is 6.03 Å². The molecule has 2 aliphatic heterocycles. The largest absolute Gasteiger partial charge is 0.490 e. The van der Waals surface area contributed by atoms with Crippen LogP contribution < -0.4 is 20.1 Å². The zero-order chi connectivity index (χ0) is 23.0. The number of anilines is 1. The van der Waals surface area contributed by atoms with E-state index >= 15 is 0 Å². The van der Waals surface area contributed by atoms with Crippen LogP contribution in [0.5, 0.6) is 11.5 Å². The summed E-state index contributed by atoms with van der Waals surface area (Å²) in [4.78, 5) is 39.6. The lowest BCUT2D eigenvalue weighted by atomic mass is 9.91. The maximum atomic E-state index is 13.3. The normalized spacial score (nSPS) is 22.9. The minimum atomic E-state index is -1.31. The Balaban J connectivity index is 1.30. The number of nitrogens with one attached hydrogen (secondary N) is 2. The molecule has 1 saturated carbocycles. The van der Waals surface area contributed by atoms with Crippen molar-refractivity contribution in [2.45, 2.75) is 50.6 Å². The van der Waals surface area contributed by atoms with Crippen molar-refractivity contribution in [1.29, 1.82) is 0 Å². The highest BCUT2D eigenvalue weighted by atomic mass is 16.5. The second-order valence-corrected chi connectivity index (χ2v) is 8.81. The number of nitrogens with zero attached hydrogens (tertiary/aromatic N) is 3. The number of carbonyl (C=O) groups excluding carboxylic acids is 3. The molecule has 3 aliphatic rings. The molecule has 2 fully saturated rings. The first kappa shape index (κ1) is 21.3. The van der Waals surface area contributed by atoms with Gasteiger partial charge in [0.2, 0.25) is 5.91 Å². The summed E-state index contributed by atoms with van der Waals surface area (Å²) in [6, 6.07) is 6.55. The van der Waals surface area contributed by atoms with Crippen LogP contribution in [0.1, 0.15) is 50.6 Å². The van der Waals surface area contributed by atoms with Gasteiger partial charge in [0.25, 0.3) is 5.91 Å². The first-order valence-electron chi connectivity index (χ1n) is 11.3. The van der Waals surface area contributed by atoms with Crippen molar-refractivity contribution in [2.24, 2.45) is 0 Å². The topological polar surface area (TPSA) is 115 Å². The average Bonchev–Trinajstić information content (AvgIpc) is 3.48. The molecule has 174 valence electrons. The Morgan fingerprint density at radius 2 is 1.91 bits per heavy atom. The fraction of sp³-hybridized carbons (Fsp3) is 0.478. The van der Waals surface area contributed by atoms with E-state index in [2.05, 4.69) is 15.7 Å². The maximum Gasteiger partial charge on any atom is 0.325 e. The first-order chi connectivity index (χ1) is 16.0. The summed E-state index contributed by atoms with van der Waals surface area (Å²) in [5.74, 6) is 0.753. The number of benzene rings is 1. The second-order valence-electron chi connectivity index (χ2n) is 8.81. The molecule has 1 aliphatic carbocycles. The van der Waals surface area contributed by atoms with E-state index in [4.69, 9.17) is 9.47 Å². The Labute approximate surface area is 191 Å². The summed E-state index contributed by atoms with van der Waals surface area (Å²) in [6.45, 7) is 2.30. The number of hydrogen-bond acceptors (Lipinski definition) is 6. The van der Waals surface area contributed by atoms with Crippen LogP contribution in [0, 0.1) is 0 Å². The quantitative estimate of drug-likeness (QED) is 0.673. The molecule has 33 heavy (non-hydrogen) atoms. The van der Waals surface area contributed by atoms with Gasteiger partial charge in [-0.3, -0.25) is 14.5 Å². The lowest BCUT2D eigenvalue weighted by molar-refractivity contribution is -0.133. The third-order valence-corrected chi connectivity index (χ3v) is 6.51. The fourth-order valence-electron chi connectivity index (χ4n) is 4.69. The Morgan fingerprint density at radius 1 is 1.15 bits per heavy atom. The van der Waals surface area contributed by atoms with Crippen molar-refractivity contribution in [1.82, 2.24) is 20.0 Å². The van der Waals surface area contributed by atoms with E-state index < -0.39 is 23.4 Å². The second kappa shape index (κ2) is 8.42. The SMILES string of the molecule is C[C@@]1(c2ccc3c(c2)OCCCO3)NC(=O)N(CC(=O)Nc2ccnn2C2CCCC2)C1=O. The van der Waals surface area contributed by atoms with Crippen LogP contribution in [0.2, 0.25) is 0 Å². The van der Waals surface area contributed by atoms with E-state index in [-0.39, 0.29) is 12.6 Å². The van der Waals surface area contributed by atoms with Crippen molar-refractivity contribution in [3.8, 4) is 11.5 Å². The Morgan fingerprint density at radius 3 is 2.70 bits per heavy atom. The molecule has 10 heteroatoms. The summed E-state index contributed by atoms with van der Waals surface area (Å²) in [6.07, 6.45) is 6.72. The summed E-state index contributed by atoms with van der Waals surface area (Å²) in [7, 11) is 0. The number of carbonyl (C=O) groups is 3. The molecule has 10 nitrogen and oxygen atoms in total. The molecule has 0 unspecified atom stereocenters. The number of urea groups is 1. The van der Waals surface area contributed by atoms with Crippen molar-refractivity contribution >= 4 is 23.7 Å². The molecule has 0 radical (unpaired) electrons. The molecule has 4 amide bonds. The minimum Gasteiger partial charge on any atom is -0.490 e. The number of ether oxygens (including phenoxy) is 2. The van der Waals surface area contributed by atoms with Crippen LogP contribution in [-0.4, -0.2) is 52.3 Å². The Kier molecular flexibility index (Phi) is 5.43. The van der Waals surface area contributed by atoms with Gasteiger partial charge in [0, 0.05) is 12.5 Å². The van der Waals surface area contributed by atoms with Crippen molar-refractivity contribution in [3.63, 3.8) is 0 Å². The van der Waals surface area contributed by atoms with Crippen LogP contribution in [0.25, 0.3) is 0 Å². The molecule has 1 aromatic heterocycles. The lowest BCUT2D eigenvalue weighted by Gasteiger charge is -2.23. The van der Waals surface area contributed by atoms with E-state index in [1.54, 1.807) is 37.4 Å². The molecule has 0 spiro atoms. The van der Waals surface area contributed by atoms with Crippen LogP contribution in [0.15, 0.2) is 30.5 Å². The number of rotatable bonds is 5. The molecule has 2 N–H and O–H groups in total. The predicted octanol–water partition coefficient (Wildman–Crippen LogP) is 2.57. The third kappa shape index (κ3) is 3.90. The molecule has 1 aromatic carbocycles. The number of imide groups is 1. The van der Waals surface area contributed by atoms with Gasteiger partial charge in [-0.05, 0) is 37.5 Å². The van der Waals surface area contributed by atoms with Gasteiger partial charge in [-0.25, -0.2) is 9.48 Å². The van der Waals surface area contributed by atoms with E-state index in [1.807, 2.05) is 4.68 Å². The molecule has 1 atom stereocenters. The highest BCUT2D eigenvalue weighted by Gasteiger charge is 2.49. The van der Waals surface area contributed by atoms with E-state index in [0.29, 0.717) is 36.1 Å². The zero-order valence-corrected chi connectivity index (χ0v) is 18.5. The van der Waals surface area contributed by atoms with E-state index in [9.17, 15) is 14.4 Å². The lowest BCUT2D eigenvalue weighted by Crippen LogP contribution is -2.42. The number of hydrogen-bond donors (Lipinski definition) is 2. The highest BCUT2D eigenvalue weighted by molar-refractivity contribution is 6.10. The average molecular weight is 453 g/mol. The summed E-state index contributed by atoms with van der Waals surface area (Å²) in [5, 5.41) is 9.87. The summed E-state index contributed by atoms with van der Waals surface area (Å²) >= 11 is 0. The van der Waals surface area contributed by atoms with E-state index in [1.165, 1.54) is 0 Å². The molecular weight excluding hydrogens is 426 g/mol. The summed E-state index contributed by atoms with van der Waals surface area (Å²) < 4.78 is 13.2. The van der Waals surface area contributed by atoms with Gasteiger partial charge in [0.15, 0.2) is 11.5 Å². The summed E-state index contributed by atoms with van der Waals surface area (Å²) in [5.41, 5.74) is -0.749. The van der Waals surface area contributed by atoms with Gasteiger partial charge in [-0.1, -0.05) is 18.9 Å². The van der Waals surface area contributed by atoms with Crippen LogP contribution >= 0.6 is 0 Å². The van der Waals surface area contributed by atoms with Crippen LogP contribution in [-0.2, 0) is 15.1 Å². The van der Waals surface area contributed by atoms with Crippen LogP contribution in [0.3, 0.4) is 0 Å². The first-order valence-corrected chi connectivity index (χ1v) is 11.3. The zero-order valence-electron chi connectivity index (χ0n) is 18.5. The van der Waals surface area contributed by atoms with Gasteiger partial charge in [0.05, 0.1) is 25.5 Å².